The zero-order valence-electron chi connectivity index (χ0n) is 20.9. The second-order valence-corrected chi connectivity index (χ2v) is 12.8. The highest BCUT2D eigenvalue weighted by molar-refractivity contribution is 8.09. The molecule has 2 N–H and O–H groups in total. The number of hydrogen-bond acceptors (Lipinski definition) is 5. The second kappa shape index (κ2) is 10.8. The van der Waals surface area contributed by atoms with Crippen molar-refractivity contribution in [3.8, 4) is 22.6 Å². The minimum atomic E-state index is -5.08. The van der Waals surface area contributed by atoms with Crippen molar-refractivity contribution >= 4 is 46.0 Å². The standard InChI is InChI=1S/C26H25N2O2PS.C2HF3O2/c1-28(17-20-9-6-16-27-20)31(32)29-23-14-12-18-7-2-4-10-21(18)25(23)26-22-11-5-3-8-19(22)13-15-24(26)30-31;3-2(4,5)1(6)7/h2-5,7-8,10-15,20,27H,6,9,16-17H2,1H3;(H,6,7)/t20-;/m0./s1. The Morgan fingerprint density at radius 1 is 0.974 bits per heavy atom. The molecule has 0 spiro atoms. The molecule has 0 unspecified atom stereocenters. The molecule has 1 saturated heterocycles. The van der Waals surface area contributed by atoms with E-state index in [2.05, 4.69) is 82.8 Å². The summed E-state index contributed by atoms with van der Waals surface area (Å²) in [6.07, 6.45) is -2.73. The number of hydrogen-bond donors (Lipinski definition) is 2. The predicted octanol–water partition coefficient (Wildman–Crippen LogP) is 6.97. The monoisotopic (exact) mass is 574 g/mol. The molecule has 6 nitrogen and oxygen atoms in total. The lowest BCUT2D eigenvalue weighted by Crippen LogP contribution is -2.35. The third kappa shape index (κ3) is 5.61. The molecule has 1 fully saturated rings. The molecule has 11 heteroatoms. The van der Waals surface area contributed by atoms with Gasteiger partial charge in [0.05, 0.1) is 0 Å². The average molecular weight is 575 g/mol. The molecular formula is C28H26F3N2O4PS. The maximum absolute atomic E-state index is 10.6. The van der Waals surface area contributed by atoms with Crippen molar-refractivity contribution in [3.63, 3.8) is 0 Å². The van der Waals surface area contributed by atoms with Gasteiger partial charge in [0.2, 0.25) is 0 Å². The number of carbonyl (C=O) groups is 1. The Kier molecular flexibility index (Phi) is 7.57. The minimum Gasteiger partial charge on any atom is -0.475 e. The van der Waals surface area contributed by atoms with Crippen molar-refractivity contribution in [3.05, 3.63) is 72.8 Å². The van der Waals surface area contributed by atoms with Crippen molar-refractivity contribution < 1.29 is 32.1 Å². The van der Waals surface area contributed by atoms with Crippen LogP contribution in [0.25, 0.3) is 32.7 Å². The summed E-state index contributed by atoms with van der Waals surface area (Å²) >= 11 is 6.16. The van der Waals surface area contributed by atoms with Crippen LogP contribution in [0.5, 0.6) is 11.5 Å². The molecule has 0 aromatic heterocycles. The molecule has 1 atom stereocenters. The van der Waals surface area contributed by atoms with Gasteiger partial charge in [0, 0.05) is 35.5 Å². The fourth-order valence-electron chi connectivity index (χ4n) is 4.91. The van der Waals surface area contributed by atoms with Gasteiger partial charge in [-0.05, 0) is 60.1 Å². The van der Waals surface area contributed by atoms with E-state index in [0.29, 0.717) is 6.04 Å². The summed E-state index contributed by atoms with van der Waals surface area (Å²) in [6, 6.07) is 25.6. The van der Waals surface area contributed by atoms with Gasteiger partial charge in [-0.2, -0.15) is 13.2 Å². The number of benzene rings is 4. The van der Waals surface area contributed by atoms with Gasteiger partial charge in [-0.1, -0.05) is 60.7 Å². The molecule has 2 aliphatic heterocycles. The van der Waals surface area contributed by atoms with Crippen molar-refractivity contribution in [1.82, 2.24) is 9.99 Å². The van der Waals surface area contributed by atoms with E-state index in [4.69, 9.17) is 30.8 Å². The zero-order chi connectivity index (χ0) is 27.8. The topological polar surface area (TPSA) is 71.0 Å². The van der Waals surface area contributed by atoms with E-state index < -0.39 is 18.8 Å². The summed E-state index contributed by atoms with van der Waals surface area (Å²) in [5, 5.41) is 15.3. The normalized spacial score (nSPS) is 17.8. The Balaban J connectivity index is 0.000000392. The van der Waals surface area contributed by atoms with Crippen LogP contribution < -0.4 is 14.4 Å². The van der Waals surface area contributed by atoms with Crippen LogP contribution in [-0.4, -0.2) is 48.1 Å². The van der Waals surface area contributed by atoms with Crippen LogP contribution in [0, 0.1) is 0 Å². The maximum atomic E-state index is 10.6. The molecule has 0 saturated carbocycles. The van der Waals surface area contributed by atoms with E-state index in [1.165, 1.54) is 17.2 Å². The predicted molar refractivity (Wildman–Crippen MR) is 150 cm³/mol. The number of carboxylic acids is 1. The molecule has 2 aliphatic rings. The molecule has 204 valence electrons. The Morgan fingerprint density at radius 2 is 1.46 bits per heavy atom. The summed E-state index contributed by atoms with van der Waals surface area (Å²) in [5.41, 5.74) is 2.13. The van der Waals surface area contributed by atoms with Crippen LogP contribution in [-0.2, 0) is 16.6 Å². The molecule has 6 rings (SSSR count). The largest absolute Gasteiger partial charge is 0.490 e. The third-order valence-electron chi connectivity index (χ3n) is 6.77. The third-order valence-corrected chi connectivity index (χ3v) is 9.90. The average Bonchev–Trinajstić information content (AvgIpc) is 3.36. The van der Waals surface area contributed by atoms with Crippen LogP contribution >= 0.6 is 6.64 Å². The van der Waals surface area contributed by atoms with E-state index in [1.54, 1.807) is 0 Å². The van der Waals surface area contributed by atoms with E-state index in [0.717, 1.165) is 52.9 Å². The van der Waals surface area contributed by atoms with Crippen LogP contribution in [0.2, 0.25) is 0 Å². The van der Waals surface area contributed by atoms with Crippen molar-refractivity contribution in [1.29, 1.82) is 0 Å². The van der Waals surface area contributed by atoms with Gasteiger partial charge < -0.3 is 19.5 Å². The first-order valence-corrected chi connectivity index (χ1v) is 14.9. The first kappa shape index (κ1) is 27.4. The summed E-state index contributed by atoms with van der Waals surface area (Å²) in [4.78, 5) is 8.90. The summed E-state index contributed by atoms with van der Waals surface area (Å²) in [5.74, 6) is -1.16. The van der Waals surface area contributed by atoms with Crippen LogP contribution in [0.3, 0.4) is 0 Å². The van der Waals surface area contributed by atoms with Gasteiger partial charge in [0.25, 0.3) is 0 Å². The van der Waals surface area contributed by atoms with Crippen LogP contribution in [0.15, 0.2) is 72.8 Å². The SMILES string of the molecule is CN(C[C@@H]1CCCN1)P1(=S)Oc2ccc3ccccc3c2-c2c(ccc3ccccc23)O1.O=C(O)C(F)(F)F. The summed E-state index contributed by atoms with van der Waals surface area (Å²) in [7, 11) is 2.04. The van der Waals surface area contributed by atoms with E-state index >= 15 is 0 Å². The number of nitrogens with zero attached hydrogens (tertiary/aromatic N) is 1. The van der Waals surface area contributed by atoms with Crippen LogP contribution in [0.1, 0.15) is 12.8 Å². The molecule has 2 heterocycles. The highest BCUT2D eigenvalue weighted by Crippen LogP contribution is 2.60. The lowest BCUT2D eigenvalue weighted by molar-refractivity contribution is -0.192. The number of fused-ring (bicyclic) bond motifs is 7. The van der Waals surface area contributed by atoms with Crippen molar-refractivity contribution in [2.24, 2.45) is 0 Å². The number of likely N-dealkylation sites (N-methyl/N-ethyl adjacent to an activating group) is 1. The minimum absolute atomic E-state index is 0.419. The fraction of sp³-hybridized carbons (Fsp3) is 0.250. The number of alkyl halides is 3. The summed E-state index contributed by atoms with van der Waals surface area (Å²) in [6.45, 7) is -0.923. The van der Waals surface area contributed by atoms with Gasteiger partial charge in [-0.15, -0.1) is 0 Å². The van der Waals surface area contributed by atoms with Gasteiger partial charge >= 0.3 is 18.8 Å². The lowest BCUT2D eigenvalue weighted by atomic mass is 9.92. The van der Waals surface area contributed by atoms with Gasteiger partial charge in [0.1, 0.15) is 11.5 Å². The van der Waals surface area contributed by atoms with Crippen molar-refractivity contribution in [2.45, 2.75) is 25.1 Å². The Morgan fingerprint density at radius 3 is 1.90 bits per heavy atom. The van der Waals surface area contributed by atoms with E-state index in [1.807, 2.05) is 7.05 Å². The first-order valence-electron chi connectivity index (χ1n) is 12.3. The van der Waals surface area contributed by atoms with Gasteiger partial charge in [0.15, 0.2) is 0 Å². The van der Waals surface area contributed by atoms with Gasteiger partial charge in [-0.3, -0.25) is 0 Å². The molecule has 0 aliphatic carbocycles. The van der Waals surface area contributed by atoms with E-state index in [-0.39, 0.29) is 0 Å². The second-order valence-electron chi connectivity index (χ2n) is 9.41. The Labute approximate surface area is 228 Å². The molecule has 0 bridgehead atoms. The van der Waals surface area contributed by atoms with E-state index in [9.17, 15) is 13.2 Å². The van der Waals surface area contributed by atoms with Crippen molar-refractivity contribution in [2.75, 3.05) is 20.1 Å². The zero-order valence-corrected chi connectivity index (χ0v) is 22.7. The molecule has 4 aromatic carbocycles. The Hall–Kier alpha value is -3.17. The molecule has 0 radical (unpaired) electrons. The number of carboxylic acid groups (broad SMARTS) is 1. The number of nitrogens with one attached hydrogen (secondary N) is 1. The summed E-state index contributed by atoms with van der Waals surface area (Å²) < 4.78 is 47.2. The number of aliphatic carboxylic acids is 1. The highest BCUT2D eigenvalue weighted by Gasteiger charge is 2.38. The number of halogens is 3. The molecule has 0 amide bonds. The van der Waals surface area contributed by atoms with Gasteiger partial charge in [-0.25, -0.2) is 9.46 Å². The highest BCUT2D eigenvalue weighted by atomic mass is 32.5. The Bertz CT molecular complexity index is 1500. The molecular weight excluding hydrogens is 548 g/mol. The lowest BCUT2D eigenvalue weighted by Gasteiger charge is -2.31. The molecule has 4 aromatic rings. The first-order chi connectivity index (χ1) is 18.6. The van der Waals surface area contributed by atoms with Crippen LogP contribution in [0.4, 0.5) is 13.2 Å². The smallest absolute Gasteiger partial charge is 0.475 e. The maximum Gasteiger partial charge on any atom is 0.490 e. The quantitative estimate of drug-likeness (QED) is 0.256. The fourth-order valence-corrected chi connectivity index (χ4v) is 7.11. The molecule has 39 heavy (non-hydrogen) atoms. The number of rotatable bonds is 3.